The standard InChI is InChI=1S/C20H22FNO4/c1-13-5-6-14(2)17(11-13)22-18(23)12-25-19(24)20(3,4)26-16-9-7-15(21)8-10-16/h5-11H,12H2,1-4H3,(H,22,23). The van der Waals surface area contributed by atoms with Gasteiger partial charge in [0.25, 0.3) is 5.91 Å². The number of ether oxygens (including phenoxy) is 2. The second-order valence-electron chi connectivity index (χ2n) is 6.51. The Hall–Kier alpha value is -2.89. The SMILES string of the molecule is Cc1ccc(C)c(NC(=O)COC(=O)C(C)(C)Oc2ccc(F)cc2)c1. The molecule has 2 aromatic rings. The molecular formula is C20H22FNO4. The molecule has 0 aromatic heterocycles. The van der Waals surface area contributed by atoms with E-state index < -0.39 is 29.9 Å². The summed E-state index contributed by atoms with van der Waals surface area (Å²) in [6.07, 6.45) is 0. The molecule has 26 heavy (non-hydrogen) atoms. The highest BCUT2D eigenvalue weighted by Gasteiger charge is 2.32. The van der Waals surface area contributed by atoms with Gasteiger partial charge in [-0.05, 0) is 69.2 Å². The molecule has 1 amide bonds. The van der Waals surface area contributed by atoms with Crippen LogP contribution in [0.1, 0.15) is 25.0 Å². The first-order chi connectivity index (χ1) is 12.2. The molecule has 0 bridgehead atoms. The lowest BCUT2D eigenvalue weighted by atomic mass is 10.1. The van der Waals surface area contributed by atoms with Crippen molar-refractivity contribution >= 4 is 17.6 Å². The Bertz CT molecular complexity index is 800. The van der Waals surface area contributed by atoms with Crippen LogP contribution in [0.2, 0.25) is 0 Å². The van der Waals surface area contributed by atoms with Crippen molar-refractivity contribution in [3.8, 4) is 5.75 Å². The van der Waals surface area contributed by atoms with Gasteiger partial charge in [0.15, 0.2) is 12.2 Å². The smallest absolute Gasteiger partial charge is 0.350 e. The maximum absolute atomic E-state index is 12.9. The van der Waals surface area contributed by atoms with Crippen LogP contribution in [0.3, 0.4) is 0 Å². The molecule has 0 saturated carbocycles. The summed E-state index contributed by atoms with van der Waals surface area (Å²) >= 11 is 0. The minimum absolute atomic E-state index is 0.327. The number of carbonyl (C=O) groups excluding carboxylic acids is 2. The fourth-order valence-electron chi connectivity index (χ4n) is 2.20. The van der Waals surface area contributed by atoms with Crippen molar-refractivity contribution in [2.75, 3.05) is 11.9 Å². The van der Waals surface area contributed by atoms with Crippen LogP contribution < -0.4 is 10.1 Å². The normalized spacial score (nSPS) is 11.0. The summed E-state index contributed by atoms with van der Waals surface area (Å²) in [5, 5.41) is 2.72. The molecule has 0 radical (unpaired) electrons. The summed E-state index contributed by atoms with van der Waals surface area (Å²) in [5.41, 5.74) is 1.28. The molecule has 0 aliphatic heterocycles. The van der Waals surface area contributed by atoms with Crippen LogP contribution in [0.4, 0.5) is 10.1 Å². The van der Waals surface area contributed by atoms with Crippen LogP contribution in [-0.4, -0.2) is 24.1 Å². The number of amides is 1. The lowest BCUT2D eigenvalue weighted by Gasteiger charge is -2.24. The van der Waals surface area contributed by atoms with Crippen LogP contribution >= 0.6 is 0 Å². The van der Waals surface area contributed by atoms with Gasteiger partial charge in [0, 0.05) is 5.69 Å². The van der Waals surface area contributed by atoms with Gasteiger partial charge in [0.1, 0.15) is 11.6 Å². The van der Waals surface area contributed by atoms with Gasteiger partial charge in [-0.3, -0.25) is 4.79 Å². The number of hydrogen-bond acceptors (Lipinski definition) is 4. The summed E-state index contributed by atoms with van der Waals surface area (Å²) in [4.78, 5) is 24.2. The van der Waals surface area contributed by atoms with E-state index in [-0.39, 0.29) is 0 Å². The molecule has 0 heterocycles. The van der Waals surface area contributed by atoms with E-state index in [9.17, 15) is 14.0 Å². The van der Waals surface area contributed by atoms with Gasteiger partial charge in [-0.1, -0.05) is 12.1 Å². The van der Waals surface area contributed by atoms with Gasteiger partial charge >= 0.3 is 5.97 Å². The zero-order valence-electron chi connectivity index (χ0n) is 15.3. The number of hydrogen-bond donors (Lipinski definition) is 1. The minimum Gasteiger partial charge on any atom is -0.476 e. The van der Waals surface area contributed by atoms with E-state index >= 15 is 0 Å². The predicted molar refractivity (Wildman–Crippen MR) is 96.6 cm³/mol. The van der Waals surface area contributed by atoms with Gasteiger partial charge in [0.05, 0.1) is 0 Å². The number of nitrogens with one attached hydrogen (secondary N) is 1. The zero-order valence-corrected chi connectivity index (χ0v) is 15.3. The predicted octanol–water partition coefficient (Wildman–Crippen LogP) is 3.78. The second-order valence-corrected chi connectivity index (χ2v) is 6.51. The Morgan fingerprint density at radius 3 is 2.38 bits per heavy atom. The molecule has 2 rings (SSSR count). The molecule has 0 atom stereocenters. The summed E-state index contributed by atoms with van der Waals surface area (Å²) in [6.45, 7) is 6.40. The molecule has 0 aliphatic rings. The topological polar surface area (TPSA) is 64.6 Å². The molecule has 2 aromatic carbocycles. The molecular weight excluding hydrogens is 337 g/mol. The van der Waals surface area contributed by atoms with E-state index in [2.05, 4.69) is 5.32 Å². The summed E-state index contributed by atoms with van der Waals surface area (Å²) < 4.78 is 23.5. The van der Waals surface area contributed by atoms with Crippen LogP contribution in [0.25, 0.3) is 0 Å². The number of aryl methyl sites for hydroxylation is 2. The van der Waals surface area contributed by atoms with Crippen LogP contribution in [0, 0.1) is 19.7 Å². The molecule has 0 fully saturated rings. The van der Waals surface area contributed by atoms with Crippen LogP contribution in [-0.2, 0) is 14.3 Å². The lowest BCUT2D eigenvalue weighted by molar-refractivity contribution is -0.161. The average molecular weight is 359 g/mol. The van der Waals surface area contributed by atoms with Gasteiger partial charge < -0.3 is 14.8 Å². The Morgan fingerprint density at radius 1 is 1.08 bits per heavy atom. The van der Waals surface area contributed by atoms with E-state index in [4.69, 9.17) is 9.47 Å². The number of carbonyl (C=O) groups is 2. The second kappa shape index (κ2) is 7.99. The number of halogens is 1. The minimum atomic E-state index is -1.32. The number of esters is 1. The van der Waals surface area contributed by atoms with Crippen molar-refractivity contribution in [3.05, 3.63) is 59.4 Å². The molecule has 1 N–H and O–H groups in total. The van der Waals surface area contributed by atoms with Crippen molar-refractivity contribution < 1.29 is 23.5 Å². The third-order valence-electron chi connectivity index (χ3n) is 3.68. The monoisotopic (exact) mass is 359 g/mol. The summed E-state index contributed by atoms with van der Waals surface area (Å²) in [6, 6.07) is 11.0. The molecule has 0 unspecified atom stereocenters. The van der Waals surface area contributed by atoms with Gasteiger partial charge in [-0.25, -0.2) is 9.18 Å². The fourth-order valence-corrected chi connectivity index (χ4v) is 2.20. The van der Waals surface area contributed by atoms with Gasteiger partial charge in [-0.15, -0.1) is 0 Å². The van der Waals surface area contributed by atoms with Crippen molar-refractivity contribution in [3.63, 3.8) is 0 Å². The first-order valence-corrected chi connectivity index (χ1v) is 8.16. The molecule has 6 heteroatoms. The van der Waals surface area contributed by atoms with E-state index in [1.54, 1.807) is 0 Å². The first kappa shape index (κ1) is 19.4. The Morgan fingerprint density at radius 2 is 1.73 bits per heavy atom. The molecule has 138 valence electrons. The maximum atomic E-state index is 12.9. The summed E-state index contributed by atoms with van der Waals surface area (Å²) in [7, 11) is 0. The zero-order chi connectivity index (χ0) is 19.3. The van der Waals surface area contributed by atoms with Crippen LogP contribution in [0.5, 0.6) is 5.75 Å². The highest BCUT2D eigenvalue weighted by Crippen LogP contribution is 2.20. The lowest BCUT2D eigenvalue weighted by Crippen LogP contribution is -2.41. The number of anilines is 1. The molecule has 0 aliphatic carbocycles. The Kier molecular flexibility index (Phi) is 5.97. The fraction of sp³-hybridized carbons (Fsp3) is 0.300. The maximum Gasteiger partial charge on any atom is 0.350 e. The number of rotatable bonds is 6. The quantitative estimate of drug-likeness (QED) is 0.797. The van der Waals surface area contributed by atoms with Crippen LogP contribution in [0.15, 0.2) is 42.5 Å². The Balaban J connectivity index is 1.90. The van der Waals surface area contributed by atoms with Gasteiger partial charge in [0.2, 0.25) is 0 Å². The molecule has 0 saturated heterocycles. The van der Waals surface area contributed by atoms with Crippen molar-refractivity contribution in [1.29, 1.82) is 0 Å². The number of benzene rings is 2. The first-order valence-electron chi connectivity index (χ1n) is 8.16. The van der Waals surface area contributed by atoms with E-state index in [0.29, 0.717) is 11.4 Å². The van der Waals surface area contributed by atoms with Gasteiger partial charge in [-0.2, -0.15) is 0 Å². The average Bonchev–Trinajstić information content (AvgIpc) is 2.58. The van der Waals surface area contributed by atoms with E-state index in [1.807, 2.05) is 32.0 Å². The largest absolute Gasteiger partial charge is 0.476 e. The summed E-state index contributed by atoms with van der Waals surface area (Å²) in [5.74, 6) is -1.21. The van der Waals surface area contributed by atoms with Crippen molar-refractivity contribution in [2.24, 2.45) is 0 Å². The van der Waals surface area contributed by atoms with Crippen molar-refractivity contribution in [1.82, 2.24) is 0 Å². The third-order valence-corrected chi connectivity index (χ3v) is 3.68. The third kappa shape index (κ3) is 5.31. The van der Waals surface area contributed by atoms with E-state index in [0.717, 1.165) is 11.1 Å². The Labute approximate surface area is 152 Å². The highest BCUT2D eigenvalue weighted by molar-refractivity contribution is 5.94. The van der Waals surface area contributed by atoms with Crippen molar-refractivity contribution in [2.45, 2.75) is 33.3 Å². The highest BCUT2D eigenvalue weighted by atomic mass is 19.1. The molecule has 5 nitrogen and oxygen atoms in total. The molecule has 0 spiro atoms. The van der Waals surface area contributed by atoms with E-state index in [1.165, 1.54) is 38.1 Å².